The van der Waals surface area contributed by atoms with Gasteiger partial charge >= 0.3 is 0 Å². The number of nitrogens with zero attached hydrogens (tertiary/aromatic N) is 1. The highest BCUT2D eigenvalue weighted by molar-refractivity contribution is 5.46. The molecule has 76 valence electrons. The Morgan fingerprint density at radius 1 is 1.46 bits per heavy atom. The van der Waals surface area contributed by atoms with Gasteiger partial charge in [-0.05, 0) is 13.8 Å². The molecule has 13 heavy (non-hydrogen) atoms. The van der Waals surface area contributed by atoms with Gasteiger partial charge in [0, 0.05) is 25.2 Å². The number of carbonyl (C=O) groups is 1. The highest BCUT2D eigenvalue weighted by Crippen LogP contribution is 2.14. The molecular formula is C9H18N2O2. The summed E-state index contributed by atoms with van der Waals surface area (Å²) in [5.41, 5.74) is 0.0324. The van der Waals surface area contributed by atoms with E-state index < -0.39 is 0 Å². The molecule has 1 amide bonds. The van der Waals surface area contributed by atoms with E-state index in [2.05, 4.69) is 24.1 Å². The van der Waals surface area contributed by atoms with Gasteiger partial charge in [0.15, 0.2) is 0 Å². The van der Waals surface area contributed by atoms with Gasteiger partial charge in [-0.3, -0.25) is 9.69 Å². The van der Waals surface area contributed by atoms with Gasteiger partial charge in [0.05, 0.1) is 13.2 Å². The van der Waals surface area contributed by atoms with Gasteiger partial charge in [0.2, 0.25) is 6.41 Å². The maximum atomic E-state index is 10.2. The van der Waals surface area contributed by atoms with Crippen molar-refractivity contribution in [1.82, 2.24) is 10.2 Å². The van der Waals surface area contributed by atoms with Crippen molar-refractivity contribution in [3.63, 3.8) is 0 Å². The number of morpholine rings is 1. The maximum absolute atomic E-state index is 10.2. The smallest absolute Gasteiger partial charge is 0.207 e. The fraction of sp³-hybridized carbons (Fsp3) is 0.889. The molecule has 1 aliphatic heterocycles. The van der Waals surface area contributed by atoms with E-state index in [1.165, 1.54) is 0 Å². The standard InChI is InChI=1S/C9H18N2O2/c1-9(2,7-10-8-12)11-3-5-13-6-4-11/h8H,3-7H2,1-2H3,(H,10,12). The van der Waals surface area contributed by atoms with Gasteiger partial charge in [-0.1, -0.05) is 0 Å². The quantitative estimate of drug-likeness (QED) is 0.620. The Morgan fingerprint density at radius 3 is 2.62 bits per heavy atom. The van der Waals surface area contributed by atoms with Gasteiger partial charge in [0.1, 0.15) is 0 Å². The SMILES string of the molecule is CC(C)(CNC=O)N1CCOCC1. The second-order valence-corrected chi connectivity index (χ2v) is 3.91. The lowest BCUT2D eigenvalue weighted by Crippen LogP contribution is -2.54. The summed E-state index contributed by atoms with van der Waals surface area (Å²) < 4.78 is 5.27. The number of carbonyl (C=O) groups excluding carboxylic acids is 1. The molecule has 0 aromatic heterocycles. The van der Waals surface area contributed by atoms with Gasteiger partial charge in [0.25, 0.3) is 0 Å². The molecule has 0 aromatic carbocycles. The van der Waals surface area contributed by atoms with E-state index in [0.717, 1.165) is 32.7 Å². The van der Waals surface area contributed by atoms with Crippen molar-refractivity contribution in [2.45, 2.75) is 19.4 Å². The zero-order chi connectivity index (χ0) is 9.73. The first-order valence-electron chi connectivity index (χ1n) is 4.66. The molecule has 0 spiro atoms. The highest BCUT2D eigenvalue weighted by Gasteiger charge is 2.27. The van der Waals surface area contributed by atoms with Crippen LogP contribution in [0.1, 0.15) is 13.8 Å². The van der Waals surface area contributed by atoms with Crippen LogP contribution in [0.25, 0.3) is 0 Å². The third-order valence-corrected chi connectivity index (χ3v) is 2.49. The molecule has 1 N–H and O–H groups in total. The summed E-state index contributed by atoms with van der Waals surface area (Å²) >= 11 is 0. The van der Waals surface area contributed by atoms with Crippen LogP contribution in [0.4, 0.5) is 0 Å². The van der Waals surface area contributed by atoms with Crippen LogP contribution in [0.5, 0.6) is 0 Å². The molecule has 1 heterocycles. The molecule has 1 aliphatic rings. The van der Waals surface area contributed by atoms with E-state index in [-0.39, 0.29) is 5.54 Å². The monoisotopic (exact) mass is 186 g/mol. The first-order valence-corrected chi connectivity index (χ1v) is 4.66. The average Bonchev–Trinajstić information content (AvgIpc) is 2.16. The Hall–Kier alpha value is -0.610. The molecule has 4 heteroatoms. The Labute approximate surface area is 79.2 Å². The minimum absolute atomic E-state index is 0.0324. The topological polar surface area (TPSA) is 41.6 Å². The summed E-state index contributed by atoms with van der Waals surface area (Å²) in [6.45, 7) is 8.45. The summed E-state index contributed by atoms with van der Waals surface area (Å²) in [4.78, 5) is 12.5. The predicted molar refractivity (Wildman–Crippen MR) is 50.5 cm³/mol. The summed E-state index contributed by atoms with van der Waals surface area (Å²) in [5.74, 6) is 0. The summed E-state index contributed by atoms with van der Waals surface area (Å²) in [7, 11) is 0. The molecule has 0 aliphatic carbocycles. The zero-order valence-corrected chi connectivity index (χ0v) is 8.38. The third-order valence-electron chi connectivity index (χ3n) is 2.49. The highest BCUT2D eigenvalue weighted by atomic mass is 16.5. The van der Waals surface area contributed by atoms with E-state index in [0.29, 0.717) is 6.54 Å². The molecule has 1 saturated heterocycles. The lowest BCUT2D eigenvalue weighted by atomic mass is 10.0. The minimum atomic E-state index is 0.0324. The van der Waals surface area contributed by atoms with E-state index in [4.69, 9.17) is 4.74 Å². The molecule has 0 atom stereocenters. The molecule has 0 aromatic rings. The van der Waals surface area contributed by atoms with Crippen molar-refractivity contribution in [3.05, 3.63) is 0 Å². The van der Waals surface area contributed by atoms with E-state index >= 15 is 0 Å². The van der Waals surface area contributed by atoms with Crippen LogP contribution in [-0.2, 0) is 9.53 Å². The number of ether oxygens (including phenoxy) is 1. The molecule has 0 bridgehead atoms. The Bertz CT molecular complexity index is 165. The second kappa shape index (κ2) is 4.58. The second-order valence-electron chi connectivity index (χ2n) is 3.91. The van der Waals surface area contributed by atoms with Gasteiger partial charge in [-0.25, -0.2) is 0 Å². The lowest BCUT2D eigenvalue weighted by Gasteiger charge is -2.40. The van der Waals surface area contributed by atoms with E-state index in [1.807, 2.05) is 0 Å². The third kappa shape index (κ3) is 2.97. The zero-order valence-electron chi connectivity index (χ0n) is 8.38. The first kappa shape index (κ1) is 10.5. The Kier molecular flexibility index (Phi) is 3.69. The van der Waals surface area contributed by atoms with Gasteiger partial charge in [-0.2, -0.15) is 0 Å². The molecule has 0 radical (unpaired) electrons. The van der Waals surface area contributed by atoms with Crippen LogP contribution in [0, 0.1) is 0 Å². The molecular weight excluding hydrogens is 168 g/mol. The molecule has 0 saturated carbocycles. The molecule has 4 nitrogen and oxygen atoms in total. The maximum Gasteiger partial charge on any atom is 0.207 e. The lowest BCUT2D eigenvalue weighted by molar-refractivity contribution is -0.110. The Balaban J connectivity index is 2.40. The van der Waals surface area contributed by atoms with Crippen molar-refractivity contribution < 1.29 is 9.53 Å². The van der Waals surface area contributed by atoms with Crippen molar-refractivity contribution in [1.29, 1.82) is 0 Å². The molecule has 1 rings (SSSR count). The van der Waals surface area contributed by atoms with Crippen LogP contribution in [0.3, 0.4) is 0 Å². The summed E-state index contributed by atoms with van der Waals surface area (Å²) in [5, 5.41) is 2.72. The van der Waals surface area contributed by atoms with E-state index in [1.54, 1.807) is 0 Å². The summed E-state index contributed by atoms with van der Waals surface area (Å²) in [6.07, 6.45) is 0.752. The fourth-order valence-corrected chi connectivity index (χ4v) is 1.57. The minimum Gasteiger partial charge on any atom is -0.379 e. The number of nitrogens with one attached hydrogen (secondary N) is 1. The van der Waals surface area contributed by atoms with Gasteiger partial charge in [-0.15, -0.1) is 0 Å². The number of hydrogen-bond acceptors (Lipinski definition) is 3. The van der Waals surface area contributed by atoms with Crippen LogP contribution in [0.2, 0.25) is 0 Å². The fourth-order valence-electron chi connectivity index (χ4n) is 1.57. The average molecular weight is 186 g/mol. The normalized spacial score (nSPS) is 19.8. The van der Waals surface area contributed by atoms with Crippen molar-refractivity contribution in [2.24, 2.45) is 0 Å². The molecule has 0 unspecified atom stereocenters. The number of rotatable bonds is 4. The van der Waals surface area contributed by atoms with Crippen molar-refractivity contribution in [3.8, 4) is 0 Å². The number of amides is 1. The Morgan fingerprint density at radius 2 is 2.08 bits per heavy atom. The van der Waals surface area contributed by atoms with Crippen molar-refractivity contribution >= 4 is 6.41 Å². The largest absolute Gasteiger partial charge is 0.379 e. The number of hydrogen-bond donors (Lipinski definition) is 1. The van der Waals surface area contributed by atoms with E-state index in [9.17, 15) is 4.79 Å². The van der Waals surface area contributed by atoms with Crippen LogP contribution < -0.4 is 5.32 Å². The van der Waals surface area contributed by atoms with Crippen LogP contribution >= 0.6 is 0 Å². The van der Waals surface area contributed by atoms with Crippen molar-refractivity contribution in [2.75, 3.05) is 32.8 Å². The predicted octanol–water partition coefficient (Wildman–Crippen LogP) is -0.157. The molecule has 1 fully saturated rings. The summed E-state index contributed by atoms with van der Waals surface area (Å²) in [6, 6.07) is 0. The van der Waals surface area contributed by atoms with Crippen LogP contribution in [-0.4, -0.2) is 49.7 Å². The first-order chi connectivity index (χ1) is 6.17. The van der Waals surface area contributed by atoms with Gasteiger partial charge < -0.3 is 10.1 Å². The van der Waals surface area contributed by atoms with Crippen LogP contribution in [0.15, 0.2) is 0 Å².